The van der Waals surface area contributed by atoms with Crippen LogP contribution in [0.2, 0.25) is 0 Å². The molecule has 0 saturated heterocycles. The average molecular weight is 316 g/mol. The maximum Gasteiger partial charge on any atom is 0.323 e. The van der Waals surface area contributed by atoms with Gasteiger partial charge in [-0.05, 0) is 35.9 Å². The van der Waals surface area contributed by atoms with Crippen molar-refractivity contribution < 1.29 is 0 Å². The minimum atomic E-state index is -0.205. The van der Waals surface area contributed by atoms with E-state index in [1.54, 1.807) is 6.21 Å². The van der Waals surface area contributed by atoms with E-state index >= 15 is 0 Å². The second-order valence-corrected chi connectivity index (χ2v) is 5.04. The molecule has 0 aliphatic rings. The Morgan fingerprint density at radius 1 is 1.05 bits per heavy atom. The summed E-state index contributed by atoms with van der Waals surface area (Å²) in [5.74, 6) is 0. The number of nitrogens with one attached hydrogen (secondary N) is 2. The Kier molecular flexibility index (Phi) is 3.05. The van der Waals surface area contributed by atoms with E-state index in [1.807, 2.05) is 42.5 Å². The fourth-order valence-corrected chi connectivity index (χ4v) is 2.25. The Morgan fingerprint density at radius 2 is 1.89 bits per heavy atom. The van der Waals surface area contributed by atoms with E-state index in [2.05, 4.69) is 30.9 Å². The van der Waals surface area contributed by atoms with Gasteiger partial charge < -0.3 is 9.97 Å². The second-order valence-electron chi connectivity index (χ2n) is 4.12. The predicted molar refractivity (Wildman–Crippen MR) is 80.3 cm³/mol. The zero-order chi connectivity index (χ0) is 13.2. The first-order chi connectivity index (χ1) is 9.20. The Labute approximate surface area is 117 Å². The van der Waals surface area contributed by atoms with E-state index in [4.69, 9.17) is 0 Å². The highest BCUT2D eigenvalue weighted by Crippen LogP contribution is 2.18. The minimum absolute atomic E-state index is 0.205. The predicted octanol–water partition coefficient (Wildman–Crippen LogP) is 3.37. The highest BCUT2D eigenvalue weighted by atomic mass is 79.9. The summed E-state index contributed by atoms with van der Waals surface area (Å²) in [6, 6.07) is 13.4. The molecule has 0 spiro atoms. The molecule has 4 nitrogen and oxygen atoms in total. The van der Waals surface area contributed by atoms with Gasteiger partial charge in [0.25, 0.3) is 0 Å². The van der Waals surface area contributed by atoms with Gasteiger partial charge in [0.05, 0.1) is 16.7 Å². The van der Waals surface area contributed by atoms with Crippen molar-refractivity contribution in [2.24, 2.45) is 4.99 Å². The van der Waals surface area contributed by atoms with Crippen molar-refractivity contribution in [3.63, 3.8) is 0 Å². The van der Waals surface area contributed by atoms with Crippen LogP contribution in [0.1, 0.15) is 5.56 Å². The van der Waals surface area contributed by atoms with E-state index in [-0.39, 0.29) is 5.69 Å². The Morgan fingerprint density at radius 3 is 2.74 bits per heavy atom. The molecule has 1 heterocycles. The van der Waals surface area contributed by atoms with Crippen molar-refractivity contribution in [3.05, 3.63) is 63.0 Å². The van der Waals surface area contributed by atoms with Gasteiger partial charge in [0.1, 0.15) is 0 Å². The minimum Gasteiger partial charge on any atom is -0.306 e. The number of H-pyrrole nitrogens is 2. The quantitative estimate of drug-likeness (QED) is 0.700. The van der Waals surface area contributed by atoms with Crippen LogP contribution in [0.15, 0.2) is 56.7 Å². The maximum atomic E-state index is 11.2. The summed E-state index contributed by atoms with van der Waals surface area (Å²) in [5.41, 5.74) is 3.14. The molecule has 0 atom stereocenters. The number of hydrogen-bond acceptors (Lipinski definition) is 2. The Balaban J connectivity index is 1.94. The molecule has 0 unspecified atom stereocenters. The second kappa shape index (κ2) is 4.85. The molecule has 94 valence electrons. The molecule has 0 amide bonds. The number of rotatable bonds is 2. The molecule has 0 radical (unpaired) electrons. The van der Waals surface area contributed by atoms with E-state index in [9.17, 15) is 4.79 Å². The summed E-state index contributed by atoms with van der Waals surface area (Å²) in [5, 5.41) is 0. The van der Waals surface area contributed by atoms with Crippen molar-refractivity contribution in [2.45, 2.75) is 0 Å². The summed E-state index contributed by atoms with van der Waals surface area (Å²) >= 11 is 3.42. The summed E-state index contributed by atoms with van der Waals surface area (Å²) in [6.07, 6.45) is 1.79. The monoisotopic (exact) mass is 315 g/mol. The largest absolute Gasteiger partial charge is 0.323 e. The van der Waals surface area contributed by atoms with Gasteiger partial charge in [-0.3, -0.25) is 4.99 Å². The van der Waals surface area contributed by atoms with Crippen LogP contribution in [0, 0.1) is 0 Å². The smallest absolute Gasteiger partial charge is 0.306 e. The molecule has 3 aromatic rings. The zero-order valence-electron chi connectivity index (χ0n) is 9.85. The number of aliphatic imine (C=N–C) groups is 1. The fourth-order valence-electron chi connectivity index (χ4n) is 1.84. The first-order valence-electron chi connectivity index (χ1n) is 5.72. The number of aromatic nitrogens is 2. The molecular formula is C14H10BrN3O. The van der Waals surface area contributed by atoms with Crippen LogP contribution >= 0.6 is 15.9 Å². The average Bonchev–Trinajstić information content (AvgIpc) is 2.75. The van der Waals surface area contributed by atoms with Crippen molar-refractivity contribution in [1.29, 1.82) is 0 Å². The number of nitrogens with zero attached hydrogens (tertiary/aromatic N) is 1. The van der Waals surface area contributed by atoms with Gasteiger partial charge >= 0.3 is 5.69 Å². The number of hydrogen-bond donors (Lipinski definition) is 2. The number of aromatic amines is 2. The Hall–Kier alpha value is -2.14. The topological polar surface area (TPSA) is 61.0 Å². The summed E-state index contributed by atoms with van der Waals surface area (Å²) in [4.78, 5) is 21.0. The third-order valence-corrected chi connectivity index (χ3v) is 3.20. The zero-order valence-corrected chi connectivity index (χ0v) is 11.4. The molecule has 3 rings (SSSR count). The van der Waals surface area contributed by atoms with Gasteiger partial charge in [-0.2, -0.15) is 0 Å². The van der Waals surface area contributed by atoms with Crippen molar-refractivity contribution in [1.82, 2.24) is 9.97 Å². The van der Waals surface area contributed by atoms with E-state index < -0.39 is 0 Å². The van der Waals surface area contributed by atoms with Crippen molar-refractivity contribution in [2.75, 3.05) is 0 Å². The first kappa shape index (κ1) is 11.9. The third kappa shape index (κ3) is 2.66. The number of halogens is 1. The molecule has 5 heteroatoms. The highest BCUT2D eigenvalue weighted by molar-refractivity contribution is 9.10. The number of benzene rings is 2. The maximum absolute atomic E-state index is 11.2. The third-order valence-electron chi connectivity index (χ3n) is 2.71. The molecular weight excluding hydrogens is 306 g/mol. The molecule has 0 bridgehead atoms. The fraction of sp³-hybridized carbons (Fsp3) is 0. The van der Waals surface area contributed by atoms with Crippen molar-refractivity contribution >= 4 is 38.9 Å². The number of imidazole rings is 1. The molecule has 0 aliphatic heterocycles. The lowest BCUT2D eigenvalue weighted by molar-refractivity contribution is 1.21. The lowest BCUT2D eigenvalue weighted by Gasteiger charge is -1.96. The van der Waals surface area contributed by atoms with Crippen LogP contribution in [0.3, 0.4) is 0 Å². The molecule has 2 aromatic carbocycles. The van der Waals surface area contributed by atoms with Gasteiger partial charge in [-0.15, -0.1) is 0 Å². The van der Waals surface area contributed by atoms with E-state index in [0.29, 0.717) is 0 Å². The van der Waals surface area contributed by atoms with E-state index in [0.717, 1.165) is 26.8 Å². The van der Waals surface area contributed by atoms with Crippen LogP contribution in [-0.4, -0.2) is 16.2 Å². The molecule has 0 saturated carbocycles. The van der Waals surface area contributed by atoms with Gasteiger partial charge in [0, 0.05) is 10.7 Å². The van der Waals surface area contributed by atoms with Crippen LogP contribution in [-0.2, 0) is 0 Å². The number of fused-ring (bicyclic) bond motifs is 1. The molecule has 0 fully saturated rings. The highest BCUT2D eigenvalue weighted by Gasteiger charge is 1.98. The van der Waals surface area contributed by atoms with Gasteiger partial charge in [-0.1, -0.05) is 28.1 Å². The lowest BCUT2D eigenvalue weighted by atomic mass is 10.2. The molecule has 0 aliphatic carbocycles. The molecule has 1 aromatic heterocycles. The van der Waals surface area contributed by atoms with Crippen LogP contribution < -0.4 is 5.69 Å². The summed E-state index contributed by atoms with van der Waals surface area (Å²) < 4.78 is 1.02. The van der Waals surface area contributed by atoms with Gasteiger partial charge in [-0.25, -0.2) is 4.79 Å². The van der Waals surface area contributed by atoms with Crippen molar-refractivity contribution in [3.8, 4) is 0 Å². The van der Waals surface area contributed by atoms with Gasteiger partial charge in [0.2, 0.25) is 0 Å². The van der Waals surface area contributed by atoms with Gasteiger partial charge in [0.15, 0.2) is 0 Å². The van der Waals surface area contributed by atoms with Crippen LogP contribution in [0.25, 0.3) is 11.0 Å². The SMILES string of the molecule is O=c1[nH]c2ccc(N=Cc3cccc(Br)c3)cc2[nH]1. The Bertz CT molecular complexity index is 817. The first-order valence-corrected chi connectivity index (χ1v) is 6.52. The summed E-state index contributed by atoms with van der Waals surface area (Å²) in [7, 11) is 0. The van der Waals surface area contributed by atoms with E-state index in [1.165, 1.54) is 0 Å². The lowest BCUT2D eigenvalue weighted by Crippen LogP contribution is -1.99. The molecule has 2 N–H and O–H groups in total. The molecule has 19 heavy (non-hydrogen) atoms. The standard InChI is InChI=1S/C14H10BrN3O/c15-10-3-1-2-9(6-10)8-16-11-4-5-12-13(7-11)18-14(19)17-12/h1-8H,(H2,17,18,19). The normalized spacial score (nSPS) is 11.4. The summed E-state index contributed by atoms with van der Waals surface area (Å²) in [6.45, 7) is 0. The van der Waals surface area contributed by atoms with Crippen LogP contribution in [0.4, 0.5) is 5.69 Å². The van der Waals surface area contributed by atoms with Crippen LogP contribution in [0.5, 0.6) is 0 Å².